The van der Waals surface area contributed by atoms with Crippen molar-refractivity contribution in [3.8, 4) is 5.75 Å². The Labute approximate surface area is 130 Å². The van der Waals surface area contributed by atoms with Gasteiger partial charge in [-0.1, -0.05) is 12.1 Å². The predicted octanol–water partition coefficient (Wildman–Crippen LogP) is 1.61. The first kappa shape index (κ1) is 16.0. The number of esters is 1. The molecule has 1 aromatic heterocycles. The smallest absolute Gasteiger partial charge is 0.327 e. The third-order valence-electron chi connectivity index (χ3n) is 3.52. The second-order valence-electron chi connectivity index (χ2n) is 5.23. The summed E-state index contributed by atoms with van der Waals surface area (Å²) in [6, 6.07) is 9.51. The SMILES string of the molecule is COC(=O)[C@](C)(Cn1cccn1)NCc1ccc(OC)cc1. The van der Waals surface area contributed by atoms with Gasteiger partial charge in [-0.2, -0.15) is 5.10 Å². The maximum absolute atomic E-state index is 12.1. The molecule has 118 valence electrons. The fourth-order valence-electron chi connectivity index (χ4n) is 2.18. The maximum atomic E-state index is 12.1. The van der Waals surface area contributed by atoms with Crippen molar-refractivity contribution in [1.82, 2.24) is 15.1 Å². The molecule has 2 aromatic rings. The molecule has 1 aromatic carbocycles. The number of aromatic nitrogens is 2. The summed E-state index contributed by atoms with van der Waals surface area (Å²) >= 11 is 0. The van der Waals surface area contributed by atoms with Gasteiger partial charge >= 0.3 is 5.97 Å². The molecule has 0 saturated carbocycles. The number of carbonyl (C=O) groups excluding carboxylic acids is 1. The van der Waals surface area contributed by atoms with Crippen LogP contribution < -0.4 is 10.1 Å². The summed E-state index contributed by atoms with van der Waals surface area (Å²) in [7, 11) is 3.02. The lowest BCUT2D eigenvalue weighted by atomic mass is 10.0. The van der Waals surface area contributed by atoms with E-state index in [1.165, 1.54) is 7.11 Å². The van der Waals surface area contributed by atoms with Crippen LogP contribution >= 0.6 is 0 Å². The normalized spacial score (nSPS) is 13.4. The Morgan fingerprint density at radius 3 is 2.59 bits per heavy atom. The molecule has 0 amide bonds. The van der Waals surface area contributed by atoms with Crippen molar-refractivity contribution in [2.75, 3.05) is 14.2 Å². The highest BCUT2D eigenvalue weighted by atomic mass is 16.5. The molecule has 6 heteroatoms. The summed E-state index contributed by atoms with van der Waals surface area (Å²) in [4.78, 5) is 12.1. The van der Waals surface area contributed by atoms with Gasteiger partial charge in [-0.05, 0) is 30.7 Å². The fraction of sp³-hybridized carbons (Fsp3) is 0.375. The number of rotatable bonds is 7. The molecule has 0 fully saturated rings. The zero-order valence-corrected chi connectivity index (χ0v) is 13.1. The van der Waals surface area contributed by atoms with Crippen LogP contribution in [0.3, 0.4) is 0 Å². The number of ether oxygens (including phenoxy) is 2. The average molecular weight is 303 g/mol. The summed E-state index contributed by atoms with van der Waals surface area (Å²) < 4.78 is 11.8. The molecule has 0 saturated heterocycles. The molecule has 0 aliphatic rings. The predicted molar refractivity (Wildman–Crippen MR) is 82.5 cm³/mol. The average Bonchev–Trinajstić information content (AvgIpc) is 3.05. The Morgan fingerprint density at radius 2 is 2.05 bits per heavy atom. The third kappa shape index (κ3) is 3.85. The van der Waals surface area contributed by atoms with E-state index in [2.05, 4.69) is 10.4 Å². The zero-order valence-electron chi connectivity index (χ0n) is 13.1. The molecule has 1 N–H and O–H groups in total. The number of methoxy groups -OCH3 is 2. The minimum absolute atomic E-state index is 0.323. The van der Waals surface area contributed by atoms with E-state index >= 15 is 0 Å². The van der Waals surface area contributed by atoms with Crippen LogP contribution in [0.15, 0.2) is 42.7 Å². The summed E-state index contributed by atoms with van der Waals surface area (Å²) in [5, 5.41) is 7.41. The van der Waals surface area contributed by atoms with Crippen LogP contribution in [0.1, 0.15) is 12.5 Å². The number of hydrogen-bond donors (Lipinski definition) is 1. The second kappa shape index (κ2) is 7.09. The van der Waals surface area contributed by atoms with Crippen LogP contribution in [0, 0.1) is 0 Å². The Balaban J connectivity index is 2.07. The van der Waals surface area contributed by atoms with Crippen molar-refractivity contribution in [1.29, 1.82) is 0 Å². The fourth-order valence-corrected chi connectivity index (χ4v) is 2.18. The van der Waals surface area contributed by atoms with Crippen LogP contribution in [-0.4, -0.2) is 35.5 Å². The highest BCUT2D eigenvalue weighted by Gasteiger charge is 2.34. The number of nitrogens with one attached hydrogen (secondary N) is 1. The van der Waals surface area contributed by atoms with Gasteiger partial charge in [0.2, 0.25) is 0 Å². The molecular formula is C16H21N3O3. The first-order chi connectivity index (χ1) is 10.6. The van der Waals surface area contributed by atoms with Crippen LogP contribution in [0.25, 0.3) is 0 Å². The first-order valence-electron chi connectivity index (χ1n) is 7.01. The molecular weight excluding hydrogens is 282 g/mol. The number of carbonyl (C=O) groups is 1. The zero-order chi connectivity index (χ0) is 16.0. The maximum Gasteiger partial charge on any atom is 0.327 e. The van der Waals surface area contributed by atoms with Crippen molar-refractivity contribution >= 4 is 5.97 Å². The molecule has 22 heavy (non-hydrogen) atoms. The van der Waals surface area contributed by atoms with Gasteiger partial charge in [0.1, 0.15) is 11.3 Å². The van der Waals surface area contributed by atoms with Gasteiger partial charge in [-0.25, -0.2) is 4.79 Å². The molecule has 1 atom stereocenters. The van der Waals surface area contributed by atoms with Gasteiger partial charge in [-0.3, -0.25) is 10.00 Å². The van der Waals surface area contributed by atoms with Crippen LogP contribution in [0.5, 0.6) is 5.75 Å². The third-order valence-corrected chi connectivity index (χ3v) is 3.52. The van der Waals surface area contributed by atoms with Crippen molar-refractivity contribution in [3.63, 3.8) is 0 Å². The van der Waals surface area contributed by atoms with Crippen molar-refractivity contribution < 1.29 is 14.3 Å². The quantitative estimate of drug-likeness (QED) is 0.787. The van der Waals surface area contributed by atoms with E-state index in [-0.39, 0.29) is 5.97 Å². The Hall–Kier alpha value is -2.34. The number of benzene rings is 1. The minimum atomic E-state index is -0.860. The molecule has 0 aliphatic carbocycles. The molecule has 0 radical (unpaired) electrons. The van der Waals surface area contributed by atoms with E-state index < -0.39 is 5.54 Å². The largest absolute Gasteiger partial charge is 0.497 e. The minimum Gasteiger partial charge on any atom is -0.497 e. The lowest BCUT2D eigenvalue weighted by molar-refractivity contribution is -0.148. The van der Waals surface area contributed by atoms with Gasteiger partial charge in [0.15, 0.2) is 0 Å². The van der Waals surface area contributed by atoms with Gasteiger partial charge < -0.3 is 9.47 Å². The van der Waals surface area contributed by atoms with Gasteiger partial charge in [0.05, 0.1) is 20.8 Å². The first-order valence-corrected chi connectivity index (χ1v) is 7.01. The Kier molecular flexibility index (Phi) is 5.16. The van der Waals surface area contributed by atoms with E-state index in [9.17, 15) is 4.79 Å². The molecule has 0 aliphatic heterocycles. The molecule has 0 bridgehead atoms. The van der Waals surface area contributed by atoms with E-state index in [1.807, 2.05) is 43.5 Å². The number of nitrogens with zero attached hydrogens (tertiary/aromatic N) is 2. The van der Waals surface area contributed by atoms with E-state index in [1.54, 1.807) is 18.0 Å². The van der Waals surface area contributed by atoms with Gasteiger partial charge in [0.25, 0.3) is 0 Å². The summed E-state index contributed by atoms with van der Waals surface area (Å²) in [5.74, 6) is 0.479. The highest BCUT2D eigenvalue weighted by molar-refractivity contribution is 5.80. The molecule has 0 spiro atoms. The molecule has 6 nitrogen and oxygen atoms in total. The van der Waals surface area contributed by atoms with Gasteiger partial charge in [-0.15, -0.1) is 0 Å². The van der Waals surface area contributed by atoms with Gasteiger partial charge in [0, 0.05) is 18.9 Å². The monoisotopic (exact) mass is 303 g/mol. The summed E-state index contributed by atoms with van der Waals surface area (Å²) in [6.07, 6.45) is 3.50. The Bertz CT molecular complexity index is 596. The topological polar surface area (TPSA) is 65.4 Å². The standard InChI is InChI=1S/C16H21N3O3/c1-16(15(20)22-3,12-19-10-4-9-18-19)17-11-13-5-7-14(21-2)8-6-13/h4-10,17H,11-12H2,1-3H3/t16-/m0/s1. The van der Waals surface area contributed by atoms with Crippen LogP contribution in [-0.2, 0) is 22.6 Å². The lowest BCUT2D eigenvalue weighted by Gasteiger charge is -2.28. The summed E-state index contributed by atoms with van der Waals surface area (Å²) in [5.41, 5.74) is 0.192. The summed E-state index contributed by atoms with van der Waals surface area (Å²) in [6.45, 7) is 2.74. The van der Waals surface area contributed by atoms with E-state index in [0.717, 1.165) is 11.3 Å². The molecule has 1 heterocycles. The van der Waals surface area contributed by atoms with Crippen molar-refractivity contribution in [2.24, 2.45) is 0 Å². The van der Waals surface area contributed by atoms with Crippen LogP contribution in [0.4, 0.5) is 0 Å². The Morgan fingerprint density at radius 1 is 1.32 bits per heavy atom. The number of hydrogen-bond acceptors (Lipinski definition) is 5. The second-order valence-corrected chi connectivity index (χ2v) is 5.23. The van der Waals surface area contributed by atoms with Crippen LogP contribution in [0.2, 0.25) is 0 Å². The lowest BCUT2D eigenvalue weighted by Crippen LogP contribution is -2.53. The van der Waals surface area contributed by atoms with E-state index in [4.69, 9.17) is 9.47 Å². The molecule has 2 rings (SSSR count). The van der Waals surface area contributed by atoms with E-state index in [0.29, 0.717) is 13.1 Å². The van der Waals surface area contributed by atoms with Crippen molar-refractivity contribution in [2.45, 2.75) is 25.6 Å². The van der Waals surface area contributed by atoms with Crippen molar-refractivity contribution in [3.05, 3.63) is 48.3 Å². The molecule has 0 unspecified atom stereocenters. The highest BCUT2D eigenvalue weighted by Crippen LogP contribution is 2.14.